The van der Waals surface area contributed by atoms with E-state index in [0.717, 1.165) is 52.7 Å². The topological polar surface area (TPSA) is 80.4 Å². The van der Waals surface area contributed by atoms with Crippen LogP contribution in [0.25, 0.3) is 10.9 Å². The number of hydrogen-bond donors (Lipinski definition) is 2. The Bertz CT molecular complexity index is 1070. The van der Waals surface area contributed by atoms with Gasteiger partial charge in [0.15, 0.2) is 11.5 Å². The van der Waals surface area contributed by atoms with Gasteiger partial charge in [-0.1, -0.05) is 6.07 Å². The minimum Gasteiger partial charge on any atom is -0.454 e. The molecule has 0 bridgehead atoms. The number of benzene rings is 2. The minimum absolute atomic E-state index is 0.00985. The second kappa shape index (κ2) is 5.87. The van der Waals surface area contributed by atoms with Gasteiger partial charge >= 0.3 is 0 Å². The molecule has 6 heteroatoms. The van der Waals surface area contributed by atoms with Crippen LogP contribution < -0.4 is 14.8 Å². The Morgan fingerprint density at radius 1 is 1.11 bits per heavy atom. The van der Waals surface area contributed by atoms with Crippen molar-refractivity contribution in [3.8, 4) is 11.5 Å². The summed E-state index contributed by atoms with van der Waals surface area (Å²) in [5.74, 6) is 1.41. The van der Waals surface area contributed by atoms with Crippen LogP contribution in [0.3, 0.4) is 0 Å². The summed E-state index contributed by atoms with van der Waals surface area (Å²) in [6, 6.07) is 13.4. The first-order chi connectivity index (χ1) is 13.2. The predicted molar refractivity (Wildman–Crippen MR) is 100 cm³/mol. The molecule has 0 radical (unpaired) electrons. The van der Waals surface area contributed by atoms with Gasteiger partial charge in [-0.05, 0) is 54.8 Å². The summed E-state index contributed by atoms with van der Waals surface area (Å²) in [5, 5.41) is 4.02. The molecule has 3 aromatic rings. The average Bonchev–Trinajstić information content (AvgIpc) is 3.18. The van der Waals surface area contributed by atoms with E-state index in [1.165, 1.54) is 0 Å². The largest absolute Gasteiger partial charge is 0.454 e. The fourth-order valence-corrected chi connectivity index (χ4v) is 3.69. The van der Waals surface area contributed by atoms with E-state index in [1.807, 2.05) is 42.5 Å². The SMILES string of the molecule is O=CCc1cc2cc(NC(=O)C3(c4ccc5c(c4)OCO5)CC3)ccc2[nH]1. The molecular weight excluding hydrogens is 344 g/mol. The monoisotopic (exact) mass is 362 g/mol. The number of carbonyl (C=O) groups excluding carboxylic acids is 2. The Morgan fingerprint density at radius 2 is 1.96 bits per heavy atom. The molecule has 2 aromatic carbocycles. The summed E-state index contributed by atoms with van der Waals surface area (Å²) in [4.78, 5) is 26.9. The molecule has 1 amide bonds. The normalized spacial score (nSPS) is 16.3. The van der Waals surface area contributed by atoms with Gasteiger partial charge in [0, 0.05) is 28.7 Å². The van der Waals surface area contributed by atoms with Gasteiger partial charge in [-0.25, -0.2) is 0 Å². The standard InChI is InChI=1S/C21H18N2O4/c24-8-5-16-10-13-9-15(2-3-17(13)22-16)23-20(25)21(6-7-21)14-1-4-18-19(11-14)27-12-26-18/h1-4,8-11,22H,5-7,12H2,(H,23,25). The van der Waals surface area contributed by atoms with Gasteiger partial charge in [0.25, 0.3) is 0 Å². The lowest BCUT2D eigenvalue weighted by Gasteiger charge is -2.16. The van der Waals surface area contributed by atoms with E-state index >= 15 is 0 Å². The van der Waals surface area contributed by atoms with Crippen LogP contribution in [0, 0.1) is 0 Å². The second-order valence-electron chi connectivity index (χ2n) is 7.07. The third-order valence-corrected chi connectivity index (χ3v) is 5.35. The molecule has 2 aliphatic rings. The number of aromatic nitrogens is 1. The molecule has 1 aliphatic heterocycles. The molecule has 0 unspecified atom stereocenters. The molecule has 1 aliphatic carbocycles. The molecule has 1 saturated carbocycles. The van der Waals surface area contributed by atoms with Crippen molar-refractivity contribution in [1.29, 1.82) is 0 Å². The Kier molecular flexibility index (Phi) is 3.47. The third-order valence-electron chi connectivity index (χ3n) is 5.35. The fourth-order valence-electron chi connectivity index (χ4n) is 3.69. The zero-order valence-corrected chi connectivity index (χ0v) is 14.6. The lowest BCUT2D eigenvalue weighted by Crippen LogP contribution is -2.27. The summed E-state index contributed by atoms with van der Waals surface area (Å²) in [6.45, 7) is 0.223. The zero-order valence-electron chi connectivity index (χ0n) is 14.6. The van der Waals surface area contributed by atoms with Crippen molar-refractivity contribution >= 4 is 28.8 Å². The maximum absolute atomic E-state index is 13.0. The summed E-state index contributed by atoms with van der Waals surface area (Å²) in [6.07, 6.45) is 2.85. The molecule has 5 rings (SSSR count). The summed E-state index contributed by atoms with van der Waals surface area (Å²) < 4.78 is 10.8. The fraction of sp³-hybridized carbons (Fsp3) is 0.238. The number of anilines is 1. The zero-order chi connectivity index (χ0) is 18.4. The number of nitrogens with one attached hydrogen (secondary N) is 2. The first kappa shape index (κ1) is 15.9. The maximum atomic E-state index is 13.0. The first-order valence-corrected chi connectivity index (χ1v) is 8.95. The highest BCUT2D eigenvalue weighted by molar-refractivity contribution is 6.02. The molecule has 6 nitrogen and oxygen atoms in total. The number of ether oxygens (including phenoxy) is 2. The first-order valence-electron chi connectivity index (χ1n) is 8.95. The van der Waals surface area contributed by atoms with Crippen molar-refractivity contribution in [3.05, 3.63) is 53.7 Å². The van der Waals surface area contributed by atoms with Crippen LogP contribution in [0.4, 0.5) is 5.69 Å². The average molecular weight is 362 g/mol. The summed E-state index contributed by atoms with van der Waals surface area (Å²) >= 11 is 0. The molecule has 1 aromatic heterocycles. The summed E-state index contributed by atoms with van der Waals surface area (Å²) in [5.41, 5.74) is 3.01. The Morgan fingerprint density at radius 3 is 2.78 bits per heavy atom. The highest BCUT2D eigenvalue weighted by atomic mass is 16.7. The Balaban J connectivity index is 1.39. The van der Waals surface area contributed by atoms with Crippen LogP contribution in [-0.4, -0.2) is 24.0 Å². The highest BCUT2D eigenvalue weighted by Crippen LogP contribution is 2.51. The second-order valence-corrected chi connectivity index (χ2v) is 7.07. The Hall–Kier alpha value is -3.28. The van der Waals surface area contributed by atoms with Gasteiger partial charge in [-0.3, -0.25) is 4.79 Å². The van der Waals surface area contributed by atoms with E-state index < -0.39 is 5.41 Å². The molecule has 136 valence electrons. The molecule has 2 N–H and O–H groups in total. The Labute approximate surface area is 155 Å². The third kappa shape index (κ3) is 2.65. The highest BCUT2D eigenvalue weighted by Gasteiger charge is 2.51. The van der Waals surface area contributed by atoms with Crippen molar-refractivity contribution < 1.29 is 19.1 Å². The molecule has 0 atom stereocenters. The number of aldehydes is 1. The predicted octanol–water partition coefficient (Wildman–Crippen LogP) is 3.31. The van der Waals surface area contributed by atoms with E-state index in [0.29, 0.717) is 12.2 Å². The summed E-state index contributed by atoms with van der Waals surface area (Å²) in [7, 11) is 0. The maximum Gasteiger partial charge on any atom is 0.235 e. The van der Waals surface area contributed by atoms with Gasteiger partial charge in [-0.2, -0.15) is 0 Å². The van der Waals surface area contributed by atoms with Crippen LogP contribution in [0.1, 0.15) is 24.1 Å². The molecule has 0 spiro atoms. The number of fused-ring (bicyclic) bond motifs is 2. The number of aromatic amines is 1. The van der Waals surface area contributed by atoms with E-state index in [1.54, 1.807) is 0 Å². The quantitative estimate of drug-likeness (QED) is 0.683. The molecule has 2 heterocycles. The van der Waals surface area contributed by atoms with Crippen LogP contribution in [-0.2, 0) is 21.4 Å². The van der Waals surface area contributed by atoms with E-state index in [-0.39, 0.29) is 12.7 Å². The van der Waals surface area contributed by atoms with Crippen molar-refractivity contribution in [2.24, 2.45) is 0 Å². The van der Waals surface area contributed by atoms with Gasteiger partial charge in [0.05, 0.1) is 5.41 Å². The van der Waals surface area contributed by atoms with Crippen molar-refractivity contribution in [2.75, 3.05) is 12.1 Å². The lowest BCUT2D eigenvalue weighted by molar-refractivity contribution is -0.118. The number of carbonyl (C=O) groups is 2. The van der Waals surface area contributed by atoms with Crippen molar-refractivity contribution in [2.45, 2.75) is 24.7 Å². The van der Waals surface area contributed by atoms with Crippen molar-refractivity contribution in [1.82, 2.24) is 4.98 Å². The molecule has 27 heavy (non-hydrogen) atoms. The molecule has 1 fully saturated rings. The van der Waals surface area contributed by atoms with Gasteiger partial charge < -0.3 is 24.6 Å². The van der Waals surface area contributed by atoms with Crippen LogP contribution in [0.15, 0.2) is 42.5 Å². The van der Waals surface area contributed by atoms with Gasteiger partial charge in [-0.15, -0.1) is 0 Å². The van der Waals surface area contributed by atoms with E-state index in [4.69, 9.17) is 9.47 Å². The number of rotatable bonds is 5. The number of hydrogen-bond acceptors (Lipinski definition) is 4. The smallest absolute Gasteiger partial charge is 0.235 e. The minimum atomic E-state index is -0.503. The van der Waals surface area contributed by atoms with Crippen molar-refractivity contribution in [3.63, 3.8) is 0 Å². The molecule has 0 saturated heterocycles. The van der Waals surface area contributed by atoms with Gasteiger partial charge in [0.1, 0.15) is 6.29 Å². The van der Waals surface area contributed by atoms with Crippen LogP contribution in [0.5, 0.6) is 11.5 Å². The van der Waals surface area contributed by atoms with Crippen LogP contribution >= 0.6 is 0 Å². The van der Waals surface area contributed by atoms with Crippen LogP contribution in [0.2, 0.25) is 0 Å². The van der Waals surface area contributed by atoms with E-state index in [2.05, 4.69) is 10.3 Å². The van der Waals surface area contributed by atoms with Gasteiger partial charge in [0.2, 0.25) is 12.7 Å². The number of H-pyrrole nitrogens is 1. The molecular formula is C21H18N2O4. The number of amides is 1. The lowest BCUT2D eigenvalue weighted by atomic mass is 9.94. The van der Waals surface area contributed by atoms with E-state index in [9.17, 15) is 9.59 Å².